The average Bonchev–Trinajstić information content (AvgIpc) is 2.53. The Morgan fingerprint density at radius 2 is 1.38 bits per heavy atom. The van der Waals surface area contributed by atoms with Crippen LogP contribution < -0.4 is 11.4 Å². The first-order valence-corrected chi connectivity index (χ1v) is 4.98. The quantitative estimate of drug-likeness (QED) is 0.744. The second-order valence-corrected chi connectivity index (χ2v) is 3.92. The lowest BCUT2D eigenvalue weighted by Gasteiger charge is -2.08. The number of hydrogen-bond acceptors (Lipinski definition) is 2. The Labute approximate surface area is 91.7 Å². The monoisotopic (exact) mass is 219 g/mol. The summed E-state index contributed by atoms with van der Waals surface area (Å²) >= 11 is 0. The molecule has 84 valence electrons. The fraction of sp³-hybridized carbons (Fsp3) is 0.273. The number of nitrogens with zero attached hydrogens (tertiary/aromatic N) is 1. The standard InChI is InChI=1S/C11H13N3O2/c1-6-4-8(3)9(5-7(6)2)14-10(15)12-13-11(14)16/h4-5H,1-3H3,(H,12,15)(H,13,16). The third kappa shape index (κ3) is 1.50. The van der Waals surface area contributed by atoms with Gasteiger partial charge in [0.15, 0.2) is 0 Å². The van der Waals surface area contributed by atoms with E-state index in [1.807, 2.05) is 32.9 Å². The predicted molar refractivity (Wildman–Crippen MR) is 61.2 cm³/mol. The minimum atomic E-state index is -0.448. The van der Waals surface area contributed by atoms with Crippen LogP contribution in [0.3, 0.4) is 0 Å². The zero-order valence-electron chi connectivity index (χ0n) is 9.42. The van der Waals surface area contributed by atoms with Crippen molar-refractivity contribution in [3.63, 3.8) is 0 Å². The molecule has 0 spiro atoms. The van der Waals surface area contributed by atoms with Gasteiger partial charge in [-0.25, -0.2) is 24.4 Å². The molecular formula is C11H13N3O2. The van der Waals surface area contributed by atoms with E-state index in [9.17, 15) is 9.59 Å². The maximum absolute atomic E-state index is 11.5. The molecule has 5 nitrogen and oxygen atoms in total. The summed E-state index contributed by atoms with van der Waals surface area (Å²) < 4.78 is 1.10. The Morgan fingerprint density at radius 3 is 1.94 bits per heavy atom. The molecule has 0 fully saturated rings. The molecule has 0 saturated carbocycles. The zero-order chi connectivity index (χ0) is 11.9. The van der Waals surface area contributed by atoms with Crippen LogP contribution in [0.4, 0.5) is 0 Å². The maximum atomic E-state index is 11.5. The van der Waals surface area contributed by atoms with Crippen molar-refractivity contribution in [3.05, 3.63) is 49.8 Å². The number of hydrogen-bond donors (Lipinski definition) is 2. The second-order valence-electron chi connectivity index (χ2n) is 3.92. The fourth-order valence-electron chi connectivity index (χ4n) is 1.72. The van der Waals surface area contributed by atoms with Crippen molar-refractivity contribution in [1.82, 2.24) is 14.8 Å². The number of rotatable bonds is 1. The molecule has 16 heavy (non-hydrogen) atoms. The van der Waals surface area contributed by atoms with E-state index in [0.717, 1.165) is 21.3 Å². The smallest absolute Gasteiger partial charge is 0.247 e. The Balaban J connectivity index is 2.80. The zero-order valence-corrected chi connectivity index (χ0v) is 9.42. The summed E-state index contributed by atoms with van der Waals surface area (Å²) in [6.07, 6.45) is 0. The van der Waals surface area contributed by atoms with Gasteiger partial charge in [-0.3, -0.25) is 0 Å². The van der Waals surface area contributed by atoms with E-state index in [1.165, 1.54) is 0 Å². The van der Waals surface area contributed by atoms with Gasteiger partial charge in [0.2, 0.25) is 0 Å². The van der Waals surface area contributed by atoms with Crippen molar-refractivity contribution in [3.8, 4) is 5.69 Å². The highest BCUT2D eigenvalue weighted by molar-refractivity contribution is 5.46. The van der Waals surface area contributed by atoms with Crippen molar-refractivity contribution in [2.45, 2.75) is 20.8 Å². The molecule has 0 aliphatic rings. The van der Waals surface area contributed by atoms with Crippen molar-refractivity contribution >= 4 is 0 Å². The van der Waals surface area contributed by atoms with Crippen LogP contribution in [0.2, 0.25) is 0 Å². The van der Waals surface area contributed by atoms with Crippen molar-refractivity contribution < 1.29 is 0 Å². The van der Waals surface area contributed by atoms with Crippen LogP contribution in [0, 0.1) is 20.8 Å². The molecular weight excluding hydrogens is 206 g/mol. The SMILES string of the molecule is Cc1cc(C)c(-n2c(=O)[nH][nH]c2=O)cc1C. The van der Waals surface area contributed by atoms with Gasteiger partial charge in [-0.15, -0.1) is 0 Å². The molecule has 0 unspecified atom stereocenters. The van der Waals surface area contributed by atoms with Gasteiger partial charge in [0.25, 0.3) is 0 Å². The Bertz CT molecular complexity index is 618. The highest BCUT2D eigenvalue weighted by atomic mass is 16.2. The molecule has 0 atom stereocenters. The van der Waals surface area contributed by atoms with Gasteiger partial charge >= 0.3 is 11.4 Å². The number of benzene rings is 1. The van der Waals surface area contributed by atoms with Gasteiger partial charge in [-0.2, -0.15) is 0 Å². The van der Waals surface area contributed by atoms with Crippen molar-refractivity contribution in [2.75, 3.05) is 0 Å². The molecule has 0 aliphatic carbocycles. The number of aromatic nitrogens is 3. The van der Waals surface area contributed by atoms with E-state index in [2.05, 4.69) is 10.2 Å². The Morgan fingerprint density at radius 1 is 0.875 bits per heavy atom. The van der Waals surface area contributed by atoms with Crippen LogP contribution in [-0.4, -0.2) is 14.8 Å². The summed E-state index contributed by atoms with van der Waals surface area (Å²) in [5.41, 5.74) is 2.81. The largest absolute Gasteiger partial charge is 0.348 e. The van der Waals surface area contributed by atoms with Gasteiger partial charge in [0.1, 0.15) is 0 Å². The summed E-state index contributed by atoms with van der Waals surface area (Å²) in [5.74, 6) is 0. The van der Waals surface area contributed by atoms with Crippen LogP contribution >= 0.6 is 0 Å². The molecule has 0 amide bonds. The van der Waals surface area contributed by atoms with Gasteiger partial charge in [0.05, 0.1) is 5.69 Å². The van der Waals surface area contributed by atoms with Gasteiger partial charge < -0.3 is 0 Å². The molecule has 2 aromatic rings. The van der Waals surface area contributed by atoms with Crippen LogP contribution in [0.15, 0.2) is 21.7 Å². The molecule has 1 aromatic carbocycles. The molecule has 0 bridgehead atoms. The molecule has 1 aromatic heterocycles. The Kier molecular flexibility index (Phi) is 2.30. The minimum absolute atomic E-state index is 0.448. The summed E-state index contributed by atoms with van der Waals surface area (Å²) in [4.78, 5) is 22.9. The molecule has 0 radical (unpaired) electrons. The summed E-state index contributed by atoms with van der Waals surface area (Å²) in [6.45, 7) is 5.82. The van der Waals surface area contributed by atoms with Gasteiger partial charge in [-0.1, -0.05) is 6.07 Å². The lowest BCUT2D eigenvalue weighted by atomic mass is 10.1. The molecule has 2 rings (SSSR count). The van der Waals surface area contributed by atoms with E-state index in [1.54, 1.807) is 0 Å². The lowest BCUT2D eigenvalue weighted by molar-refractivity contribution is 0.937. The number of nitrogens with one attached hydrogen (secondary N) is 2. The number of H-pyrrole nitrogens is 2. The summed E-state index contributed by atoms with van der Waals surface area (Å²) in [6, 6.07) is 3.80. The van der Waals surface area contributed by atoms with E-state index >= 15 is 0 Å². The van der Waals surface area contributed by atoms with Crippen molar-refractivity contribution in [1.29, 1.82) is 0 Å². The van der Waals surface area contributed by atoms with Crippen molar-refractivity contribution in [2.24, 2.45) is 0 Å². The van der Waals surface area contributed by atoms with Gasteiger partial charge in [0, 0.05) is 0 Å². The molecule has 1 heterocycles. The van der Waals surface area contributed by atoms with E-state index in [0.29, 0.717) is 5.69 Å². The van der Waals surface area contributed by atoms with Crippen LogP contribution in [0.5, 0.6) is 0 Å². The van der Waals surface area contributed by atoms with E-state index in [4.69, 9.17) is 0 Å². The highest BCUT2D eigenvalue weighted by Gasteiger charge is 2.09. The Hall–Kier alpha value is -2.04. The summed E-state index contributed by atoms with van der Waals surface area (Å²) in [7, 11) is 0. The van der Waals surface area contributed by atoms with E-state index < -0.39 is 11.4 Å². The topological polar surface area (TPSA) is 70.7 Å². The average molecular weight is 219 g/mol. The number of aryl methyl sites for hydroxylation is 3. The first-order chi connectivity index (χ1) is 7.50. The first-order valence-electron chi connectivity index (χ1n) is 4.98. The fourth-order valence-corrected chi connectivity index (χ4v) is 1.72. The van der Waals surface area contributed by atoms with Crippen LogP contribution in [0.1, 0.15) is 16.7 Å². The normalized spacial score (nSPS) is 10.7. The lowest BCUT2D eigenvalue weighted by Crippen LogP contribution is -2.25. The van der Waals surface area contributed by atoms with Crippen LogP contribution in [-0.2, 0) is 0 Å². The van der Waals surface area contributed by atoms with Crippen LogP contribution in [0.25, 0.3) is 5.69 Å². The third-order valence-corrected chi connectivity index (χ3v) is 2.74. The first kappa shape index (κ1) is 10.5. The highest BCUT2D eigenvalue weighted by Crippen LogP contribution is 2.16. The number of aromatic amines is 2. The maximum Gasteiger partial charge on any atom is 0.348 e. The summed E-state index contributed by atoms with van der Waals surface area (Å²) in [5, 5.41) is 4.53. The van der Waals surface area contributed by atoms with E-state index in [-0.39, 0.29) is 0 Å². The second kappa shape index (κ2) is 3.52. The molecule has 2 N–H and O–H groups in total. The molecule has 0 saturated heterocycles. The minimum Gasteiger partial charge on any atom is -0.247 e. The predicted octanol–water partition coefficient (Wildman–Crippen LogP) is 0.779. The molecule has 0 aliphatic heterocycles. The molecule has 5 heteroatoms. The van der Waals surface area contributed by atoms with Gasteiger partial charge in [-0.05, 0) is 43.5 Å². The third-order valence-electron chi connectivity index (χ3n) is 2.74.